The maximum atomic E-state index is 5.09. The van der Waals surface area contributed by atoms with Crippen molar-refractivity contribution >= 4 is 33.2 Å². The summed E-state index contributed by atoms with van der Waals surface area (Å²) in [5, 5.41) is 2.31. The van der Waals surface area contributed by atoms with Gasteiger partial charge in [-0.25, -0.2) is 4.98 Å². The Kier molecular flexibility index (Phi) is 6.56. The zero-order valence-electron chi connectivity index (χ0n) is 27.2. The maximum absolute atomic E-state index is 5.09. The van der Waals surface area contributed by atoms with Crippen LogP contribution in [0.25, 0.3) is 61.7 Å². The molecule has 3 heterocycles. The highest BCUT2D eigenvalue weighted by Gasteiger charge is 2.35. The highest BCUT2D eigenvalue weighted by molar-refractivity contribution is 6.10. The first-order chi connectivity index (χ1) is 24.8. The molecule has 0 radical (unpaired) electrons. The Hall–Kier alpha value is -6.59. The zero-order chi connectivity index (χ0) is 33.0. The molecule has 8 aromatic rings. The van der Waals surface area contributed by atoms with Gasteiger partial charge in [-0.3, -0.25) is 4.57 Å². The molecular weight excluding hydrogens is 611 g/mol. The molecule has 0 saturated carbocycles. The number of allylic oxidation sites excluding steroid dienone is 4. The van der Waals surface area contributed by atoms with E-state index in [0.717, 1.165) is 39.4 Å². The van der Waals surface area contributed by atoms with Crippen LogP contribution in [0.15, 0.2) is 176 Å². The summed E-state index contributed by atoms with van der Waals surface area (Å²) >= 11 is 0. The Balaban J connectivity index is 1.14. The summed E-state index contributed by atoms with van der Waals surface area (Å²) in [4.78, 5) is 17.5. The maximum Gasteiger partial charge on any atom is 0.238 e. The van der Waals surface area contributed by atoms with Crippen LogP contribution < -0.4 is 4.90 Å². The first-order valence-electron chi connectivity index (χ1n) is 17.1. The van der Waals surface area contributed by atoms with E-state index in [1.807, 2.05) is 60.7 Å². The number of hydrogen-bond donors (Lipinski definition) is 0. The number of fused-ring (bicyclic) bond motifs is 6. The Morgan fingerprint density at radius 3 is 1.88 bits per heavy atom. The Labute approximate surface area is 290 Å². The lowest BCUT2D eigenvalue weighted by Crippen LogP contribution is -2.14. The SMILES string of the molecule is C1=CCC2C(=C1)N(c1ccccc1)c1cc(-c3ccc4c(c3)c3ccccc3n4-c3nc(-c4ccccc4)nc(-c4ccccc4)n3)ccc12. The fourth-order valence-corrected chi connectivity index (χ4v) is 7.62. The van der Waals surface area contributed by atoms with E-state index in [4.69, 9.17) is 15.0 Å². The van der Waals surface area contributed by atoms with Crippen LogP contribution >= 0.6 is 0 Å². The van der Waals surface area contributed by atoms with Gasteiger partial charge in [0.2, 0.25) is 5.95 Å². The summed E-state index contributed by atoms with van der Waals surface area (Å²) in [5.41, 5.74) is 11.5. The fourth-order valence-electron chi connectivity index (χ4n) is 7.62. The van der Waals surface area contributed by atoms with Crippen LogP contribution in [-0.2, 0) is 0 Å². The minimum atomic E-state index is 0.367. The van der Waals surface area contributed by atoms with Crippen LogP contribution in [-0.4, -0.2) is 19.5 Å². The summed E-state index contributed by atoms with van der Waals surface area (Å²) in [6, 6.07) is 53.3. The molecule has 5 heteroatoms. The van der Waals surface area contributed by atoms with Gasteiger partial charge in [0.15, 0.2) is 11.6 Å². The van der Waals surface area contributed by atoms with E-state index >= 15 is 0 Å². The topological polar surface area (TPSA) is 46.8 Å². The molecule has 236 valence electrons. The average Bonchev–Trinajstić information content (AvgIpc) is 3.71. The molecule has 1 aliphatic carbocycles. The standard InChI is InChI=1S/C45H31N5/c1-4-14-30(15-5-1)43-46-44(31-16-6-2-7-17-31)48-45(47-43)50-40-23-13-11-21-36(40)38-28-32(25-27-41(38)50)33-24-26-37-35-20-10-12-22-39(35)49(42(37)29-33)34-18-8-3-9-19-34/h1-19,21-29,35H,20H2. The minimum absolute atomic E-state index is 0.367. The van der Waals surface area contributed by atoms with Crippen molar-refractivity contribution in [2.75, 3.05) is 4.90 Å². The third-order valence-electron chi connectivity index (χ3n) is 9.94. The summed E-state index contributed by atoms with van der Waals surface area (Å²) in [6.07, 6.45) is 7.76. The van der Waals surface area contributed by atoms with E-state index in [1.165, 1.54) is 33.8 Å². The Morgan fingerprint density at radius 1 is 0.520 bits per heavy atom. The van der Waals surface area contributed by atoms with Crippen molar-refractivity contribution in [3.8, 4) is 39.9 Å². The van der Waals surface area contributed by atoms with Crippen molar-refractivity contribution in [3.63, 3.8) is 0 Å². The summed E-state index contributed by atoms with van der Waals surface area (Å²) < 4.78 is 2.18. The first kappa shape index (κ1) is 28.4. The van der Waals surface area contributed by atoms with E-state index in [2.05, 4.69) is 119 Å². The lowest BCUT2D eigenvalue weighted by Gasteiger charge is -2.24. The quantitative estimate of drug-likeness (QED) is 0.188. The third-order valence-corrected chi connectivity index (χ3v) is 9.94. The third kappa shape index (κ3) is 4.59. The Bertz CT molecular complexity index is 2560. The van der Waals surface area contributed by atoms with Gasteiger partial charge in [0.05, 0.1) is 16.7 Å². The molecule has 10 rings (SSSR count). The number of nitrogens with zero attached hydrogens (tertiary/aromatic N) is 5. The van der Waals surface area contributed by atoms with Gasteiger partial charge >= 0.3 is 0 Å². The van der Waals surface area contributed by atoms with Crippen molar-refractivity contribution in [3.05, 3.63) is 181 Å². The second kappa shape index (κ2) is 11.5. The first-order valence-corrected chi connectivity index (χ1v) is 17.1. The molecule has 6 aromatic carbocycles. The summed E-state index contributed by atoms with van der Waals surface area (Å²) in [7, 11) is 0. The van der Waals surface area contributed by atoms with Crippen LogP contribution in [0.3, 0.4) is 0 Å². The smallest absolute Gasteiger partial charge is 0.238 e. The van der Waals surface area contributed by atoms with Crippen LogP contribution in [0.1, 0.15) is 17.9 Å². The normalized spacial score (nSPS) is 14.9. The van der Waals surface area contributed by atoms with Gasteiger partial charge in [-0.15, -0.1) is 0 Å². The summed E-state index contributed by atoms with van der Waals surface area (Å²) in [5.74, 6) is 2.25. The summed E-state index contributed by atoms with van der Waals surface area (Å²) in [6.45, 7) is 0. The van der Waals surface area contributed by atoms with Gasteiger partial charge in [0.1, 0.15) is 0 Å². The average molecular weight is 642 g/mol. The molecular formula is C45H31N5. The largest absolute Gasteiger partial charge is 0.313 e. The minimum Gasteiger partial charge on any atom is -0.313 e. The highest BCUT2D eigenvalue weighted by Crippen LogP contribution is 2.51. The second-order valence-electron chi connectivity index (χ2n) is 12.9. The molecule has 0 bridgehead atoms. The predicted molar refractivity (Wildman–Crippen MR) is 204 cm³/mol. The number of benzene rings is 6. The van der Waals surface area contributed by atoms with Gasteiger partial charge in [-0.05, 0) is 65.6 Å². The zero-order valence-corrected chi connectivity index (χ0v) is 27.2. The molecule has 0 fully saturated rings. The van der Waals surface area contributed by atoms with E-state index in [1.54, 1.807) is 0 Å². The monoisotopic (exact) mass is 641 g/mol. The second-order valence-corrected chi connectivity index (χ2v) is 12.9. The van der Waals surface area contributed by atoms with E-state index in [0.29, 0.717) is 23.5 Å². The van der Waals surface area contributed by atoms with E-state index < -0.39 is 0 Å². The highest BCUT2D eigenvalue weighted by atomic mass is 15.2. The van der Waals surface area contributed by atoms with Crippen LogP contribution in [0, 0.1) is 0 Å². The van der Waals surface area contributed by atoms with Crippen molar-refractivity contribution in [1.29, 1.82) is 0 Å². The van der Waals surface area contributed by atoms with E-state index in [-0.39, 0.29) is 0 Å². The lowest BCUT2D eigenvalue weighted by atomic mass is 9.91. The number of hydrogen-bond acceptors (Lipinski definition) is 4. The molecule has 1 aliphatic heterocycles. The van der Waals surface area contributed by atoms with Gasteiger partial charge in [0, 0.05) is 39.2 Å². The molecule has 0 spiro atoms. The molecule has 2 aliphatic rings. The lowest BCUT2D eigenvalue weighted by molar-refractivity contribution is 0.819. The molecule has 2 aromatic heterocycles. The van der Waals surface area contributed by atoms with Gasteiger partial charge in [-0.2, -0.15) is 9.97 Å². The predicted octanol–water partition coefficient (Wildman–Crippen LogP) is 11.0. The van der Waals surface area contributed by atoms with Crippen molar-refractivity contribution in [2.45, 2.75) is 12.3 Å². The van der Waals surface area contributed by atoms with Crippen LogP contribution in [0.5, 0.6) is 0 Å². The molecule has 1 atom stereocenters. The molecule has 1 unspecified atom stereocenters. The van der Waals surface area contributed by atoms with Crippen LogP contribution in [0.2, 0.25) is 0 Å². The van der Waals surface area contributed by atoms with Crippen LogP contribution in [0.4, 0.5) is 11.4 Å². The van der Waals surface area contributed by atoms with Crippen molar-refractivity contribution < 1.29 is 0 Å². The Morgan fingerprint density at radius 2 is 1.14 bits per heavy atom. The van der Waals surface area contributed by atoms with Crippen molar-refractivity contribution in [1.82, 2.24) is 19.5 Å². The fraction of sp³-hybridized carbons (Fsp3) is 0.0444. The van der Waals surface area contributed by atoms with Gasteiger partial charge < -0.3 is 4.90 Å². The van der Waals surface area contributed by atoms with Gasteiger partial charge in [-0.1, -0.05) is 127 Å². The number of rotatable bonds is 5. The van der Waals surface area contributed by atoms with Crippen molar-refractivity contribution in [2.24, 2.45) is 0 Å². The molecule has 0 amide bonds. The number of aromatic nitrogens is 4. The molecule has 5 nitrogen and oxygen atoms in total. The number of para-hydroxylation sites is 2. The molecule has 0 saturated heterocycles. The molecule has 50 heavy (non-hydrogen) atoms. The van der Waals surface area contributed by atoms with E-state index in [9.17, 15) is 0 Å². The number of anilines is 2. The van der Waals surface area contributed by atoms with Gasteiger partial charge in [0.25, 0.3) is 0 Å². The molecule has 0 N–H and O–H groups in total.